The summed E-state index contributed by atoms with van der Waals surface area (Å²) in [6, 6.07) is 0. The average Bonchev–Trinajstić information content (AvgIpc) is 2.46. The van der Waals surface area contributed by atoms with Crippen molar-refractivity contribution in [3.05, 3.63) is 16.4 Å². The second-order valence-corrected chi connectivity index (χ2v) is 4.67. The summed E-state index contributed by atoms with van der Waals surface area (Å²) in [5.41, 5.74) is 0.433. The van der Waals surface area contributed by atoms with E-state index in [2.05, 4.69) is 5.10 Å². The first-order chi connectivity index (χ1) is 7.83. The van der Waals surface area contributed by atoms with E-state index >= 15 is 0 Å². The summed E-state index contributed by atoms with van der Waals surface area (Å²) in [5, 5.41) is 15.1. The third kappa shape index (κ3) is 2.98. The Hall–Kier alpha value is -0.620. The first kappa shape index (κ1) is 14.4. The van der Waals surface area contributed by atoms with Gasteiger partial charge in [-0.25, -0.2) is 0 Å². The maximum atomic E-state index is 10.3. The molecule has 1 unspecified atom stereocenters. The number of aryl methyl sites for hydroxylation is 2. The molecule has 1 atom stereocenters. The molecule has 1 N–H and O–H groups in total. The summed E-state index contributed by atoms with van der Waals surface area (Å²) >= 11 is 6.12. The zero-order valence-corrected chi connectivity index (χ0v) is 11.6. The van der Waals surface area contributed by atoms with Gasteiger partial charge in [0.25, 0.3) is 0 Å². The molecular weight excluding hydrogens is 244 g/mol. The zero-order chi connectivity index (χ0) is 13.2. The third-order valence-electron chi connectivity index (χ3n) is 2.74. The van der Waals surface area contributed by atoms with Crippen molar-refractivity contribution in [2.24, 2.45) is 7.05 Å². The monoisotopic (exact) mass is 262 g/mol. The lowest BCUT2D eigenvalue weighted by atomic mass is 9.96. The van der Waals surface area contributed by atoms with Crippen molar-refractivity contribution >= 4 is 11.6 Å². The van der Waals surface area contributed by atoms with Crippen LogP contribution in [0.5, 0.6) is 0 Å². The molecule has 0 radical (unpaired) electrons. The molecule has 0 fully saturated rings. The Kier molecular flexibility index (Phi) is 4.55. The van der Waals surface area contributed by atoms with Gasteiger partial charge in [-0.05, 0) is 13.8 Å². The van der Waals surface area contributed by atoms with Crippen LogP contribution in [0.1, 0.15) is 18.2 Å². The lowest BCUT2D eigenvalue weighted by molar-refractivity contribution is -0.207. The Morgan fingerprint density at radius 3 is 2.35 bits per heavy atom. The topological polar surface area (TPSA) is 56.5 Å². The fourth-order valence-electron chi connectivity index (χ4n) is 1.92. The molecule has 0 saturated carbocycles. The highest BCUT2D eigenvalue weighted by molar-refractivity contribution is 6.30. The van der Waals surface area contributed by atoms with Gasteiger partial charge in [-0.15, -0.1) is 0 Å². The van der Waals surface area contributed by atoms with Crippen molar-refractivity contribution in [3.8, 4) is 0 Å². The summed E-state index contributed by atoms with van der Waals surface area (Å²) in [6.45, 7) is 3.50. The first-order valence-electron chi connectivity index (χ1n) is 5.29. The second kappa shape index (κ2) is 5.35. The molecule has 1 rings (SSSR count). The van der Waals surface area contributed by atoms with E-state index in [1.54, 1.807) is 18.7 Å². The number of rotatable bonds is 5. The van der Waals surface area contributed by atoms with Crippen molar-refractivity contribution in [3.63, 3.8) is 0 Å². The summed E-state index contributed by atoms with van der Waals surface area (Å²) in [4.78, 5) is 0. The maximum absolute atomic E-state index is 10.3. The fraction of sp³-hybridized carbons (Fsp3) is 0.727. The number of halogens is 1. The van der Waals surface area contributed by atoms with E-state index < -0.39 is 11.9 Å². The molecule has 17 heavy (non-hydrogen) atoms. The van der Waals surface area contributed by atoms with Gasteiger partial charge >= 0.3 is 0 Å². The van der Waals surface area contributed by atoms with Gasteiger partial charge in [0.05, 0.1) is 5.69 Å². The molecule has 0 aliphatic rings. The van der Waals surface area contributed by atoms with Gasteiger partial charge in [0, 0.05) is 33.3 Å². The van der Waals surface area contributed by atoms with Crippen LogP contribution in [0.3, 0.4) is 0 Å². The van der Waals surface area contributed by atoms with Crippen molar-refractivity contribution in [2.45, 2.75) is 32.2 Å². The number of methoxy groups -OCH3 is 2. The Morgan fingerprint density at radius 1 is 1.47 bits per heavy atom. The van der Waals surface area contributed by atoms with Crippen LogP contribution in [0, 0.1) is 6.92 Å². The number of hydrogen-bond donors (Lipinski definition) is 1. The van der Waals surface area contributed by atoms with Gasteiger partial charge in [-0.1, -0.05) is 11.6 Å². The van der Waals surface area contributed by atoms with Crippen molar-refractivity contribution in [2.75, 3.05) is 14.2 Å². The summed E-state index contributed by atoms with van der Waals surface area (Å²) < 4.78 is 11.7. The Balaban J connectivity index is 2.96. The molecule has 0 bridgehead atoms. The molecule has 0 amide bonds. The minimum absolute atomic E-state index is 0.317. The van der Waals surface area contributed by atoms with Crippen LogP contribution in [-0.4, -0.2) is 41.0 Å². The van der Waals surface area contributed by atoms with E-state index in [0.717, 1.165) is 11.3 Å². The first-order valence-corrected chi connectivity index (χ1v) is 5.67. The van der Waals surface area contributed by atoms with Crippen LogP contribution < -0.4 is 0 Å². The van der Waals surface area contributed by atoms with Gasteiger partial charge in [0.1, 0.15) is 10.8 Å². The minimum atomic E-state index is -1.17. The summed E-state index contributed by atoms with van der Waals surface area (Å²) in [5.74, 6) is 0. The highest BCUT2D eigenvalue weighted by Gasteiger charge is 2.34. The standard InChI is InChI=1S/C11H19ClN2O3/c1-7-8(9(12)14(3)13-7)6-11(2,15)10(16-4)17-5/h10,15H,6H2,1-5H3. The Morgan fingerprint density at radius 2 is 2.00 bits per heavy atom. The van der Waals surface area contributed by atoms with Crippen LogP contribution >= 0.6 is 11.6 Å². The van der Waals surface area contributed by atoms with Crippen LogP contribution in [0.2, 0.25) is 5.15 Å². The number of aromatic nitrogens is 2. The smallest absolute Gasteiger partial charge is 0.185 e. The molecular formula is C11H19ClN2O3. The number of ether oxygens (including phenoxy) is 2. The van der Waals surface area contributed by atoms with Crippen LogP contribution in [-0.2, 0) is 22.9 Å². The summed E-state index contributed by atoms with van der Waals surface area (Å²) in [6.07, 6.45) is -0.393. The zero-order valence-electron chi connectivity index (χ0n) is 10.8. The number of hydrogen-bond acceptors (Lipinski definition) is 4. The van der Waals surface area contributed by atoms with Crippen molar-refractivity contribution in [1.82, 2.24) is 9.78 Å². The third-order valence-corrected chi connectivity index (χ3v) is 3.21. The molecule has 0 saturated heterocycles. The van der Waals surface area contributed by atoms with E-state index in [0.29, 0.717) is 11.6 Å². The van der Waals surface area contributed by atoms with Gasteiger partial charge in [-0.2, -0.15) is 5.10 Å². The molecule has 1 heterocycles. The van der Waals surface area contributed by atoms with E-state index in [1.807, 2.05) is 6.92 Å². The van der Waals surface area contributed by atoms with Gasteiger partial charge < -0.3 is 14.6 Å². The molecule has 0 aliphatic heterocycles. The Bertz CT molecular complexity index is 386. The normalized spacial score (nSPS) is 15.3. The average molecular weight is 263 g/mol. The molecule has 98 valence electrons. The van der Waals surface area contributed by atoms with Crippen LogP contribution in [0.4, 0.5) is 0 Å². The number of aliphatic hydroxyl groups is 1. The predicted octanol–water partition coefficient (Wildman–Crippen LogP) is 1.29. The lowest BCUT2D eigenvalue weighted by Gasteiger charge is -2.30. The van der Waals surface area contributed by atoms with E-state index in [9.17, 15) is 5.11 Å². The SMILES string of the molecule is COC(OC)C(C)(O)Cc1c(C)nn(C)c1Cl. The highest BCUT2D eigenvalue weighted by atomic mass is 35.5. The fourth-order valence-corrected chi connectivity index (χ4v) is 2.16. The molecule has 1 aromatic rings. The molecule has 1 aromatic heterocycles. The van der Waals surface area contributed by atoms with Crippen molar-refractivity contribution in [1.29, 1.82) is 0 Å². The van der Waals surface area contributed by atoms with E-state index in [-0.39, 0.29) is 0 Å². The molecule has 0 spiro atoms. The maximum Gasteiger partial charge on any atom is 0.185 e. The van der Waals surface area contributed by atoms with E-state index in [1.165, 1.54) is 14.2 Å². The summed E-state index contributed by atoms with van der Waals surface area (Å²) in [7, 11) is 4.73. The van der Waals surface area contributed by atoms with Crippen molar-refractivity contribution < 1.29 is 14.6 Å². The number of nitrogens with zero attached hydrogens (tertiary/aromatic N) is 2. The lowest BCUT2D eigenvalue weighted by Crippen LogP contribution is -2.43. The molecule has 5 nitrogen and oxygen atoms in total. The second-order valence-electron chi connectivity index (χ2n) is 4.32. The molecule has 0 aliphatic carbocycles. The van der Waals surface area contributed by atoms with Crippen LogP contribution in [0.25, 0.3) is 0 Å². The molecule has 6 heteroatoms. The largest absolute Gasteiger partial charge is 0.385 e. The predicted molar refractivity (Wildman–Crippen MR) is 65.1 cm³/mol. The van der Waals surface area contributed by atoms with E-state index in [4.69, 9.17) is 21.1 Å². The van der Waals surface area contributed by atoms with Crippen LogP contribution in [0.15, 0.2) is 0 Å². The highest BCUT2D eigenvalue weighted by Crippen LogP contribution is 2.26. The molecule has 0 aromatic carbocycles. The van der Waals surface area contributed by atoms with Gasteiger partial charge in [-0.3, -0.25) is 4.68 Å². The quantitative estimate of drug-likeness (QED) is 0.813. The van der Waals surface area contributed by atoms with Gasteiger partial charge in [0.15, 0.2) is 6.29 Å². The Labute approximate surface area is 106 Å². The minimum Gasteiger partial charge on any atom is -0.385 e. The van der Waals surface area contributed by atoms with Gasteiger partial charge in [0.2, 0.25) is 0 Å².